The number of nitrogens with one attached hydrogen (secondary N) is 2. The molecule has 1 aromatic carbocycles. The maximum Gasteiger partial charge on any atom is 0.141 e. The first-order valence-electron chi connectivity index (χ1n) is 6.72. The molecule has 3 rings (SSSR count). The molecule has 0 atom stereocenters. The van der Waals surface area contributed by atoms with Gasteiger partial charge in [0.1, 0.15) is 23.7 Å². The summed E-state index contributed by atoms with van der Waals surface area (Å²) in [4.78, 5) is 16.3. The summed E-state index contributed by atoms with van der Waals surface area (Å²) in [6.07, 6.45) is 1.54. The Morgan fingerprint density at radius 1 is 1.24 bits per heavy atom. The molecular weight excluding hydrogens is 266 g/mol. The lowest BCUT2D eigenvalue weighted by atomic mass is 10.2. The minimum atomic E-state index is 0.568. The number of methoxy groups -OCH3 is 1. The van der Waals surface area contributed by atoms with Gasteiger partial charge >= 0.3 is 0 Å². The van der Waals surface area contributed by atoms with Crippen LogP contribution < -0.4 is 10.1 Å². The van der Waals surface area contributed by atoms with Crippen LogP contribution in [0.2, 0.25) is 0 Å². The number of benzene rings is 1. The Bertz CT molecular complexity index is 756. The molecule has 0 bridgehead atoms. The monoisotopic (exact) mass is 283 g/mol. The summed E-state index contributed by atoms with van der Waals surface area (Å²) >= 11 is 0. The summed E-state index contributed by atoms with van der Waals surface area (Å²) in [5.41, 5.74) is 2.94. The highest BCUT2D eigenvalue weighted by Gasteiger charge is 2.10. The van der Waals surface area contributed by atoms with Gasteiger partial charge in [-0.25, -0.2) is 15.0 Å². The van der Waals surface area contributed by atoms with Gasteiger partial charge < -0.3 is 15.0 Å². The van der Waals surface area contributed by atoms with Crippen LogP contribution in [0.25, 0.3) is 10.9 Å². The van der Waals surface area contributed by atoms with Gasteiger partial charge in [-0.2, -0.15) is 0 Å². The summed E-state index contributed by atoms with van der Waals surface area (Å²) in [6.45, 7) is 4.56. The summed E-state index contributed by atoms with van der Waals surface area (Å²) in [5.74, 6) is 2.37. The van der Waals surface area contributed by atoms with Crippen molar-refractivity contribution in [2.45, 2.75) is 20.4 Å². The SMILES string of the molecule is COc1cccc2ncnc(NCc3nc(C)c(C)[nH]3)c12. The smallest absolute Gasteiger partial charge is 0.141 e. The lowest BCUT2D eigenvalue weighted by Crippen LogP contribution is -2.04. The van der Waals surface area contributed by atoms with Crippen molar-refractivity contribution in [1.82, 2.24) is 19.9 Å². The van der Waals surface area contributed by atoms with Crippen LogP contribution in [-0.2, 0) is 6.54 Å². The average Bonchev–Trinajstić information content (AvgIpc) is 2.83. The third kappa shape index (κ3) is 2.52. The van der Waals surface area contributed by atoms with E-state index in [-0.39, 0.29) is 0 Å². The fraction of sp³-hybridized carbons (Fsp3) is 0.267. The molecule has 0 saturated carbocycles. The summed E-state index contributed by atoms with van der Waals surface area (Å²) < 4.78 is 5.40. The Kier molecular flexibility index (Phi) is 3.43. The zero-order chi connectivity index (χ0) is 14.8. The van der Waals surface area contributed by atoms with Gasteiger partial charge in [0, 0.05) is 5.69 Å². The predicted octanol–water partition coefficient (Wildman–Crippen LogP) is 2.59. The zero-order valence-electron chi connectivity index (χ0n) is 12.3. The van der Waals surface area contributed by atoms with E-state index >= 15 is 0 Å². The number of aryl methyl sites for hydroxylation is 2. The van der Waals surface area contributed by atoms with Gasteiger partial charge in [0.25, 0.3) is 0 Å². The number of rotatable bonds is 4. The van der Waals surface area contributed by atoms with Gasteiger partial charge in [0.2, 0.25) is 0 Å². The Morgan fingerprint density at radius 2 is 2.10 bits per heavy atom. The Balaban J connectivity index is 1.93. The van der Waals surface area contributed by atoms with Gasteiger partial charge in [-0.15, -0.1) is 0 Å². The molecule has 108 valence electrons. The molecule has 0 unspecified atom stereocenters. The molecule has 0 radical (unpaired) electrons. The second-order valence-electron chi connectivity index (χ2n) is 4.82. The van der Waals surface area contributed by atoms with Crippen molar-refractivity contribution in [2.75, 3.05) is 12.4 Å². The molecule has 0 fully saturated rings. The van der Waals surface area contributed by atoms with E-state index in [1.807, 2.05) is 32.0 Å². The molecule has 0 aliphatic carbocycles. The van der Waals surface area contributed by atoms with E-state index in [9.17, 15) is 0 Å². The van der Waals surface area contributed by atoms with Gasteiger partial charge in [-0.3, -0.25) is 0 Å². The van der Waals surface area contributed by atoms with Crippen molar-refractivity contribution in [3.8, 4) is 5.75 Å². The third-order valence-corrected chi connectivity index (χ3v) is 3.45. The van der Waals surface area contributed by atoms with Crippen molar-refractivity contribution in [2.24, 2.45) is 0 Å². The molecule has 2 N–H and O–H groups in total. The summed E-state index contributed by atoms with van der Waals surface area (Å²) in [5, 5.41) is 4.17. The van der Waals surface area contributed by atoms with Crippen LogP contribution in [-0.4, -0.2) is 27.0 Å². The van der Waals surface area contributed by atoms with Crippen LogP contribution in [0.15, 0.2) is 24.5 Å². The van der Waals surface area contributed by atoms with E-state index in [4.69, 9.17) is 4.74 Å². The van der Waals surface area contributed by atoms with E-state index in [1.165, 1.54) is 0 Å². The van der Waals surface area contributed by atoms with Gasteiger partial charge in [-0.05, 0) is 26.0 Å². The van der Waals surface area contributed by atoms with Crippen LogP contribution in [0.3, 0.4) is 0 Å². The van der Waals surface area contributed by atoms with Crippen LogP contribution in [0, 0.1) is 13.8 Å². The maximum atomic E-state index is 5.40. The second kappa shape index (κ2) is 5.40. The molecule has 0 amide bonds. The number of aromatic amines is 1. The average molecular weight is 283 g/mol. The topological polar surface area (TPSA) is 75.7 Å². The molecule has 0 aliphatic heterocycles. The molecule has 6 nitrogen and oxygen atoms in total. The highest BCUT2D eigenvalue weighted by atomic mass is 16.5. The van der Waals surface area contributed by atoms with Crippen molar-refractivity contribution in [3.05, 3.63) is 41.7 Å². The Morgan fingerprint density at radius 3 is 2.81 bits per heavy atom. The number of ether oxygens (including phenoxy) is 1. The molecular formula is C15H17N5O. The lowest BCUT2D eigenvalue weighted by molar-refractivity contribution is 0.419. The van der Waals surface area contributed by atoms with Crippen molar-refractivity contribution < 1.29 is 4.74 Å². The van der Waals surface area contributed by atoms with Crippen LogP contribution in [0.5, 0.6) is 5.75 Å². The normalized spacial score (nSPS) is 10.8. The lowest BCUT2D eigenvalue weighted by Gasteiger charge is -2.10. The first-order chi connectivity index (χ1) is 10.2. The number of aromatic nitrogens is 4. The summed E-state index contributed by atoms with van der Waals surface area (Å²) in [6, 6.07) is 5.75. The number of hydrogen-bond donors (Lipinski definition) is 2. The zero-order valence-corrected chi connectivity index (χ0v) is 12.3. The van der Waals surface area contributed by atoms with Crippen molar-refractivity contribution >= 4 is 16.7 Å². The number of hydrogen-bond acceptors (Lipinski definition) is 5. The number of nitrogens with zero attached hydrogens (tertiary/aromatic N) is 3. The highest BCUT2D eigenvalue weighted by molar-refractivity contribution is 5.94. The Labute approximate surface area is 122 Å². The van der Waals surface area contributed by atoms with E-state index in [0.29, 0.717) is 6.54 Å². The van der Waals surface area contributed by atoms with Crippen LogP contribution in [0.1, 0.15) is 17.2 Å². The number of anilines is 1. The summed E-state index contributed by atoms with van der Waals surface area (Å²) in [7, 11) is 1.64. The second-order valence-corrected chi connectivity index (χ2v) is 4.82. The minimum absolute atomic E-state index is 0.568. The Hall–Kier alpha value is -2.63. The number of imidazole rings is 1. The maximum absolute atomic E-state index is 5.40. The quantitative estimate of drug-likeness (QED) is 0.769. The number of fused-ring (bicyclic) bond motifs is 1. The molecule has 2 aromatic heterocycles. The highest BCUT2D eigenvalue weighted by Crippen LogP contribution is 2.29. The molecule has 2 heterocycles. The molecule has 21 heavy (non-hydrogen) atoms. The predicted molar refractivity (Wildman–Crippen MR) is 81.5 cm³/mol. The fourth-order valence-corrected chi connectivity index (χ4v) is 2.25. The first kappa shape index (κ1) is 13.4. The van der Waals surface area contributed by atoms with E-state index in [2.05, 4.69) is 25.3 Å². The molecule has 3 aromatic rings. The van der Waals surface area contributed by atoms with Crippen LogP contribution in [0.4, 0.5) is 5.82 Å². The molecule has 0 saturated heterocycles. The standard InChI is InChI=1S/C15H17N5O/c1-9-10(2)20-13(19-9)7-16-15-14-11(17-8-18-15)5-4-6-12(14)21-3/h4-6,8H,7H2,1-3H3,(H,19,20)(H,16,17,18). The molecule has 6 heteroatoms. The number of H-pyrrole nitrogens is 1. The largest absolute Gasteiger partial charge is 0.496 e. The van der Waals surface area contributed by atoms with Crippen LogP contribution >= 0.6 is 0 Å². The van der Waals surface area contributed by atoms with E-state index in [0.717, 1.165) is 39.7 Å². The molecule has 0 spiro atoms. The van der Waals surface area contributed by atoms with Gasteiger partial charge in [0.15, 0.2) is 0 Å². The van der Waals surface area contributed by atoms with Gasteiger partial charge in [0.05, 0.1) is 30.3 Å². The minimum Gasteiger partial charge on any atom is -0.496 e. The van der Waals surface area contributed by atoms with Crippen molar-refractivity contribution in [3.63, 3.8) is 0 Å². The van der Waals surface area contributed by atoms with Gasteiger partial charge in [-0.1, -0.05) is 6.07 Å². The molecule has 0 aliphatic rings. The first-order valence-corrected chi connectivity index (χ1v) is 6.72. The third-order valence-electron chi connectivity index (χ3n) is 3.45. The van der Waals surface area contributed by atoms with Crippen molar-refractivity contribution in [1.29, 1.82) is 0 Å². The fourth-order valence-electron chi connectivity index (χ4n) is 2.25. The van der Waals surface area contributed by atoms with E-state index < -0.39 is 0 Å². The van der Waals surface area contributed by atoms with E-state index in [1.54, 1.807) is 13.4 Å².